The zero-order chi connectivity index (χ0) is 17.1. The molecule has 0 spiro atoms. The van der Waals surface area contributed by atoms with Gasteiger partial charge in [-0.15, -0.1) is 0 Å². The monoisotopic (exact) mass is 334 g/mol. The van der Waals surface area contributed by atoms with Gasteiger partial charge in [-0.3, -0.25) is 4.18 Å². The van der Waals surface area contributed by atoms with E-state index in [0.717, 1.165) is 16.9 Å². The first-order valence-corrected chi connectivity index (χ1v) is 8.76. The Balaban J connectivity index is 2.12. The second-order valence-corrected chi connectivity index (χ2v) is 7.76. The molecule has 0 amide bonds. The normalized spacial score (nSPS) is 12.2. The van der Waals surface area contributed by atoms with Gasteiger partial charge in [0.15, 0.2) is 0 Å². The van der Waals surface area contributed by atoms with Crippen LogP contribution in [0.15, 0.2) is 53.4 Å². The molecule has 5 heteroatoms. The molecule has 0 fully saturated rings. The summed E-state index contributed by atoms with van der Waals surface area (Å²) in [5.74, 6) is 0.762. The Kier molecular flexibility index (Phi) is 5.12. The molecule has 2 rings (SSSR count). The fourth-order valence-corrected chi connectivity index (χ4v) is 3.18. The minimum absolute atomic E-state index is 0.0650. The van der Waals surface area contributed by atoms with Crippen LogP contribution in [0, 0.1) is 6.92 Å². The van der Waals surface area contributed by atoms with Crippen LogP contribution in [-0.4, -0.2) is 22.1 Å². The third-order valence-corrected chi connectivity index (χ3v) is 5.03. The molecule has 0 aliphatic rings. The largest absolute Gasteiger partial charge is 0.497 e. The number of methoxy groups -OCH3 is 1. The van der Waals surface area contributed by atoms with Gasteiger partial charge in [-0.05, 0) is 36.8 Å². The number of benzene rings is 2. The van der Waals surface area contributed by atoms with Gasteiger partial charge in [0.25, 0.3) is 10.1 Å². The fourth-order valence-electron chi connectivity index (χ4n) is 2.12. The van der Waals surface area contributed by atoms with Crippen molar-refractivity contribution in [3.63, 3.8) is 0 Å². The summed E-state index contributed by atoms with van der Waals surface area (Å²) in [5, 5.41) is 0. The van der Waals surface area contributed by atoms with Crippen LogP contribution in [0.2, 0.25) is 0 Å². The van der Waals surface area contributed by atoms with E-state index in [1.165, 1.54) is 0 Å². The number of ether oxygens (including phenoxy) is 1. The molecule has 124 valence electrons. The van der Waals surface area contributed by atoms with Crippen molar-refractivity contribution in [2.24, 2.45) is 0 Å². The van der Waals surface area contributed by atoms with Crippen LogP contribution in [0.5, 0.6) is 5.75 Å². The number of rotatable bonds is 6. The summed E-state index contributed by atoms with van der Waals surface area (Å²) >= 11 is 0. The van der Waals surface area contributed by atoms with Gasteiger partial charge in [0, 0.05) is 5.41 Å². The lowest BCUT2D eigenvalue weighted by Crippen LogP contribution is -2.26. The SMILES string of the molecule is COc1ccc(C(C)(C)COS(=O)(=O)c2ccc(C)cc2)cc1. The Hall–Kier alpha value is -1.85. The molecule has 0 aromatic heterocycles. The molecule has 0 unspecified atom stereocenters. The van der Waals surface area contributed by atoms with Gasteiger partial charge in [0.2, 0.25) is 0 Å². The molecule has 0 saturated carbocycles. The Morgan fingerprint density at radius 3 is 2.04 bits per heavy atom. The Morgan fingerprint density at radius 2 is 1.52 bits per heavy atom. The molecule has 0 radical (unpaired) electrons. The summed E-state index contributed by atoms with van der Waals surface area (Å²) < 4.78 is 35.0. The smallest absolute Gasteiger partial charge is 0.297 e. The third-order valence-electron chi connectivity index (χ3n) is 3.76. The third kappa shape index (κ3) is 4.33. The topological polar surface area (TPSA) is 52.6 Å². The van der Waals surface area contributed by atoms with Crippen LogP contribution >= 0.6 is 0 Å². The van der Waals surface area contributed by atoms with E-state index < -0.39 is 15.5 Å². The predicted molar refractivity (Wildman–Crippen MR) is 90.3 cm³/mol. The summed E-state index contributed by atoms with van der Waals surface area (Å²) in [6.45, 7) is 5.86. The minimum Gasteiger partial charge on any atom is -0.497 e. The van der Waals surface area contributed by atoms with Crippen LogP contribution in [0.1, 0.15) is 25.0 Å². The molecule has 2 aromatic rings. The van der Waals surface area contributed by atoms with Crippen molar-refractivity contribution in [1.29, 1.82) is 0 Å². The van der Waals surface area contributed by atoms with Crippen molar-refractivity contribution >= 4 is 10.1 Å². The Labute approximate surface area is 138 Å². The van der Waals surface area contributed by atoms with Gasteiger partial charge in [-0.25, -0.2) is 0 Å². The minimum atomic E-state index is -3.76. The maximum atomic E-state index is 12.3. The average molecular weight is 334 g/mol. The zero-order valence-electron chi connectivity index (χ0n) is 13.9. The molecule has 0 aliphatic carbocycles. The van der Waals surface area contributed by atoms with E-state index >= 15 is 0 Å². The van der Waals surface area contributed by atoms with E-state index in [1.807, 2.05) is 45.0 Å². The molecule has 0 saturated heterocycles. The van der Waals surface area contributed by atoms with E-state index in [0.29, 0.717) is 0 Å². The van der Waals surface area contributed by atoms with E-state index in [2.05, 4.69) is 0 Å². The van der Waals surface area contributed by atoms with Crippen molar-refractivity contribution in [3.8, 4) is 5.75 Å². The molecule has 23 heavy (non-hydrogen) atoms. The lowest BCUT2D eigenvalue weighted by molar-refractivity contribution is 0.245. The van der Waals surface area contributed by atoms with Crippen molar-refractivity contribution in [1.82, 2.24) is 0 Å². The molecule has 0 bridgehead atoms. The predicted octanol–water partition coefficient (Wildman–Crippen LogP) is 3.69. The van der Waals surface area contributed by atoms with E-state index in [1.54, 1.807) is 31.4 Å². The van der Waals surface area contributed by atoms with Crippen LogP contribution in [0.3, 0.4) is 0 Å². The van der Waals surface area contributed by atoms with Crippen LogP contribution in [0.4, 0.5) is 0 Å². The van der Waals surface area contributed by atoms with Gasteiger partial charge in [0.1, 0.15) is 5.75 Å². The van der Waals surface area contributed by atoms with Crippen molar-refractivity contribution in [3.05, 3.63) is 59.7 Å². The summed E-state index contributed by atoms with van der Waals surface area (Å²) in [6.07, 6.45) is 0. The van der Waals surface area contributed by atoms with Gasteiger partial charge in [-0.2, -0.15) is 8.42 Å². The summed E-state index contributed by atoms with van der Waals surface area (Å²) in [4.78, 5) is 0.175. The first-order valence-electron chi connectivity index (χ1n) is 7.35. The highest BCUT2D eigenvalue weighted by Gasteiger charge is 2.25. The molecule has 4 nitrogen and oxygen atoms in total. The standard InChI is InChI=1S/C18H22O4S/c1-14-5-11-17(12-6-14)23(19,20)22-13-18(2,3)15-7-9-16(21-4)10-8-15/h5-12H,13H2,1-4H3. The highest BCUT2D eigenvalue weighted by molar-refractivity contribution is 7.86. The van der Waals surface area contributed by atoms with E-state index in [9.17, 15) is 8.42 Å². The molecule has 0 N–H and O–H groups in total. The Bertz CT molecular complexity index is 745. The maximum absolute atomic E-state index is 12.3. The van der Waals surface area contributed by atoms with E-state index in [4.69, 9.17) is 8.92 Å². The number of hydrogen-bond donors (Lipinski definition) is 0. The van der Waals surface area contributed by atoms with Crippen LogP contribution in [-0.2, 0) is 19.7 Å². The van der Waals surface area contributed by atoms with Gasteiger partial charge in [0.05, 0.1) is 18.6 Å². The Morgan fingerprint density at radius 1 is 0.957 bits per heavy atom. The van der Waals surface area contributed by atoms with Crippen molar-refractivity contribution in [2.75, 3.05) is 13.7 Å². The molecular formula is C18H22O4S. The molecule has 0 atom stereocenters. The van der Waals surface area contributed by atoms with Crippen molar-refractivity contribution in [2.45, 2.75) is 31.1 Å². The maximum Gasteiger partial charge on any atom is 0.297 e. The van der Waals surface area contributed by atoms with Gasteiger partial charge in [-0.1, -0.05) is 43.7 Å². The van der Waals surface area contributed by atoms with Gasteiger partial charge < -0.3 is 4.74 Å². The average Bonchev–Trinajstić information content (AvgIpc) is 2.54. The van der Waals surface area contributed by atoms with Gasteiger partial charge >= 0.3 is 0 Å². The first-order chi connectivity index (χ1) is 10.7. The molecule has 2 aromatic carbocycles. The number of aryl methyl sites for hydroxylation is 1. The van der Waals surface area contributed by atoms with E-state index in [-0.39, 0.29) is 11.5 Å². The zero-order valence-corrected chi connectivity index (χ0v) is 14.7. The lowest BCUT2D eigenvalue weighted by Gasteiger charge is -2.25. The summed E-state index contributed by atoms with van der Waals surface area (Å²) in [5.41, 5.74) is 1.55. The second kappa shape index (κ2) is 6.72. The lowest BCUT2D eigenvalue weighted by atomic mass is 9.86. The summed E-state index contributed by atoms with van der Waals surface area (Å²) in [7, 11) is -2.15. The second-order valence-electron chi connectivity index (χ2n) is 6.14. The molecule has 0 heterocycles. The summed E-state index contributed by atoms with van der Waals surface area (Å²) in [6, 6.07) is 14.2. The van der Waals surface area contributed by atoms with Crippen LogP contribution < -0.4 is 4.74 Å². The molecular weight excluding hydrogens is 312 g/mol. The number of hydrogen-bond acceptors (Lipinski definition) is 4. The van der Waals surface area contributed by atoms with Crippen LogP contribution in [0.25, 0.3) is 0 Å². The fraction of sp³-hybridized carbons (Fsp3) is 0.333. The molecule has 0 aliphatic heterocycles. The highest BCUT2D eigenvalue weighted by atomic mass is 32.2. The quantitative estimate of drug-likeness (QED) is 0.756. The first kappa shape index (κ1) is 17.5. The van der Waals surface area contributed by atoms with Crippen molar-refractivity contribution < 1.29 is 17.3 Å². The highest BCUT2D eigenvalue weighted by Crippen LogP contribution is 2.27.